The number of nitrogens with zero attached hydrogens (tertiary/aromatic N) is 3. The second kappa shape index (κ2) is 9.65. The van der Waals surface area contributed by atoms with Gasteiger partial charge in [-0.15, -0.1) is 11.8 Å². The van der Waals surface area contributed by atoms with Gasteiger partial charge < -0.3 is 4.74 Å². The molecule has 2 amide bonds. The van der Waals surface area contributed by atoms with Crippen LogP contribution in [0.2, 0.25) is 0 Å². The molecular formula is C24H16N4O3S2. The summed E-state index contributed by atoms with van der Waals surface area (Å²) in [7, 11) is 0. The lowest BCUT2D eigenvalue weighted by Crippen LogP contribution is -2.54. The van der Waals surface area contributed by atoms with E-state index in [-0.39, 0.29) is 10.7 Å². The maximum atomic E-state index is 13.2. The lowest BCUT2D eigenvalue weighted by molar-refractivity contribution is -0.122. The number of amides is 2. The molecule has 1 aromatic heterocycles. The minimum atomic E-state index is -0.609. The van der Waals surface area contributed by atoms with Gasteiger partial charge in [-0.05, 0) is 73.1 Å². The summed E-state index contributed by atoms with van der Waals surface area (Å²) in [6.07, 6.45) is 3.18. The van der Waals surface area contributed by atoms with Crippen molar-refractivity contribution in [1.29, 1.82) is 5.26 Å². The monoisotopic (exact) mass is 472 g/mol. The van der Waals surface area contributed by atoms with Crippen molar-refractivity contribution in [2.75, 3.05) is 11.2 Å². The molecular weight excluding hydrogens is 456 g/mol. The van der Waals surface area contributed by atoms with Crippen LogP contribution in [0, 0.1) is 11.3 Å². The first kappa shape index (κ1) is 22.2. The Labute approximate surface area is 199 Å². The van der Waals surface area contributed by atoms with Gasteiger partial charge in [0, 0.05) is 0 Å². The molecule has 2 aromatic carbocycles. The number of pyridine rings is 1. The van der Waals surface area contributed by atoms with Gasteiger partial charge in [-0.3, -0.25) is 19.8 Å². The van der Waals surface area contributed by atoms with E-state index in [1.165, 1.54) is 22.7 Å². The predicted octanol–water partition coefficient (Wildman–Crippen LogP) is 4.30. The number of ether oxygens (including phenoxy) is 1. The second-order valence-corrected chi connectivity index (χ2v) is 7.95. The molecule has 0 saturated carbocycles. The van der Waals surface area contributed by atoms with E-state index in [9.17, 15) is 14.9 Å². The number of carbonyl (C=O) groups is 2. The Hall–Kier alpha value is -4.00. The van der Waals surface area contributed by atoms with Gasteiger partial charge in [0.15, 0.2) is 5.11 Å². The molecule has 162 valence electrons. The fourth-order valence-corrected chi connectivity index (χ4v) is 3.91. The number of para-hydroxylation sites is 1. The molecule has 0 radical (unpaired) electrons. The van der Waals surface area contributed by atoms with E-state index in [0.29, 0.717) is 33.5 Å². The lowest BCUT2D eigenvalue weighted by Gasteiger charge is -2.29. The van der Waals surface area contributed by atoms with Crippen LogP contribution in [0.1, 0.15) is 11.3 Å². The Kier molecular flexibility index (Phi) is 6.49. The van der Waals surface area contributed by atoms with Crippen LogP contribution >= 0.6 is 24.0 Å². The van der Waals surface area contributed by atoms with E-state index in [4.69, 9.17) is 17.0 Å². The molecule has 0 spiro atoms. The standard InChI is InChI=1S/C24H16N4O3S2/c1-33-22-15(14-25)7-8-16(26-22)13-20-21(29)27-24(32)28(23(20)30)17-9-11-19(12-10-17)31-18-5-3-2-4-6-18/h2-13H,1H3,(H,27,29,32)/b20-13+. The van der Waals surface area contributed by atoms with Crippen LogP contribution in [-0.4, -0.2) is 28.2 Å². The molecule has 33 heavy (non-hydrogen) atoms. The van der Waals surface area contributed by atoms with Gasteiger partial charge in [-0.25, -0.2) is 4.98 Å². The first-order valence-electron chi connectivity index (χ1n) is 9.69. The first-order chi connectivity index (χ1) is 16.0. The van der Waals surface area contributed by atoms with Crippen molar-refractivity contribution in [3.05, 3.63) is 83.6 Å². The highest BCUT2D eigenvalue weighted by molar-refractivity contribution is 7.98. The van der Waals surface area contributed by atoms with Crippen LogP contribution in [0.3, 0.4) is 0 Å². The molecule has 1 N–H and O–H groups in total. The summed E-state index contributed by atoms with van der Waals surface area (Å²) in [5.74, 6) is 0.0952. The second-order valence-electron chi connectivity index (χ2n) is 6.77. The topological polar surface area (TPSA) is 95.3 Å². The molecule has 1 aliphatic rings. The molecule has 0 aliphatic carbocycles. The van der Waals surface area contributed by atoms with Crippen LogP contribution in [0.15, 0.2) is 77.3 Å². The summed E-state index contributed by atoms with van der Waals surface area (Å²) >= 11 is 6.56. The third-order valence-corrected chi connectivity index (χ3v) is 5.65. The Balaban J connectivity index is 1.61. The van der Waals surface area contributed by atoms with E-state index in [1.807, 2.05) is 30.3 Å². The largest absolute Gasteiger partial charge is 0.457 e. The quantitative estimate of drug-likeness (QED) is 0.256. The molecule has 0 atom stereocenters. The number of nitrogens with one attached hydrogen (secondary N) is 1. The van der Waals surface area contributed by atoms with Crippen molar-refractivity contribution < 1.29 is 14.3 Å². The maximum Gasteiger partial charge on any atom is 0.270 e. The predicted molar refractivity (Wildman–Crippen MR) is 130 cm³/mol. The number of hydrogen-bond donors (Lipinski definition) is 1. The molecule has 1 fully saturated rings. The number of benzene rings is 2. The summed E-state index contributed by atoms with van der Waals surface area (Å²) in [5, 5.41) is 12.2. The van der Waals surface area contributed by atoms with Crippen molar-refractivity contribution in [2.24, 2.45) is 0 Å². The van der Waals surface area contributed by atoms with Gasteiger partial charge in [0.05, 0.1) is 16.9 Å². The number of rotatable bonds is 5. The zero-order valence-corrected chi connectivity index (χ0v) is 18.9. The minimum Gasteiger partial charge on any atom is -0.457 e. The normalized spacial score (nSPS) is 14.7. The number of thiocarbonyl (C=S) groups is 1. The molecule has 3 aromatic rings. The van der Waals surface area contributed by atoms with Crippen molar-refractivity contribution in [3.8, 4) is 17.6 Å². The highest BCUT2D eigenvalue weighted by Gasteiger charge is 2.34. The molecule has 9 heteroatoms. The van der Waals surface area contributed by atoms with Crippen LogP contribution < -0.4 is 15.0 Å². The molecule has 1 saturated heterocycles. The van der Waals surface area contributed by atoms with Crippen molar-refractivity contribution in [2.45, 2.75) is 5.03 Å². The summed E-state index contributed by atoms with van der Waals surface area (Å²) in [6.45, 7) is 0. The van der Waals surface area contributed by atoms with Crippen LogP contribution in [0.25, 0.3) is 6.08 Å². The molecule has 4 rings (SSSR count). The third kappa shape index (κ3) is 4.77. The number of hydrogen-bond acceptors (Lipinski definition) is 7. The number of thioether (sulfide) groups is 1. The van der Waals surface area contributed by atoms with Gasteiger partial charge in [-0.1, -0.05) is 18.2 Å². The molecule has 0 unspecified atom stereocenters. The third-order valence-electron chi connectivity index (χ3n) is 4.66. The Bertz CT molecular complexity index is 1320. The van der Waals surface area contributed by atoms with Crippen molar-refractivity contribution in [3.63, 3.8) is 0 Å². The summed E-state index contributed by atoms with van der Waals surface area (Å²) in [6, 6.07) is 21.4. The average Bonchev–Trinajstić information content (AvgIpc) is 2.83. The minimum absolute atomic E-state index is 0.0172. The summed E-state index contributed by atoms with van der Waals surface area (Å²) in [5.41, 5.74) is 1.17. The van der Waals surface area contributed by atoms with Gasteiger partial charge in [0.1, 0.15) is 28.2 Å². The van der Waals surface area contributed by atoms with Gasteiger partial charge in [0.25, 0.3) is 11.8 Å². The fraction of sp³-hybridized carbons (Fsp3) is 0.0417. The molecule has 1 aliphatic heterocycles. The highest BCUT2D eigenvalue weighted by atomic mass is 32.2. The lowest BCUT2D eigenvalue weighted by atomic mass is 10.1. The summed E-state index contributed by atoms with van der Waals surface area (Å²) < 4.78 is 5.78. The maximum absolute atomic E-state index is 13.2. The van der Waals surface area contributed by atoms with Crippen LogP contribution in [0.4, 0.5) is 5.69 Å². The number of aromatic nitrogens is 1. The number of anilines is 1. The molecule has 0 bridgehead atoms. The van der Waals surface area contributed by atoms with Crippen LogP contribution in [-0.2, 0) is 9.59 Å². The van der Waals surface area contributed by atoms with E-state index < -0.39 is 11.8 Å². The van der Waals surface area contributed by atoms with E-state index in [0.717, 1.165) is 0 Å². The molecule has 2 heterocycles. The fourth-order valence-electron chi connectivity index (χ4n) is 3.10. The Morgan fingerprint density at radius 1 is 1.06 bits per heavy atom. The highest BCUT2D eigenvalue weighted by Crippen LogP contribution is 2.27. The zero-order valence-electron chi connectivity index (χ0n) is 17.3. The van der Waals surface area contributed by atoms with Crippen molar-refractivity contribution in [1.82, 2.24) is 10.3 Å². The van der Waals surface area contributed by atoms with Crippen LogP contribution in [0.5, 0.6) is 11.5 Å². The number of nitriles is 1. The summed E-state index contributed by atoms with van der Waals surface area (Å²) in [4.78, 5) is 31.3. The smallest absolute Gasteiger partial charge is 0.270 e. The average molecular weight is 473 g/mol. The number of carbonyl (C=O) groups excluding carboxylic acids is 2. The Morgan fingerprint density at radius 3 is 2.42 bits per heavy atom. The van der Waals surface area contributed by atoms with E-state index in [2.05, 4.69) is 16.4 Å². The van der Waals surface area contributed by atoms with E-state index >= 15 is 0 Å². The SMILES string of the molecule is CSc1nc(/C=C2\C(=O)NC(=S)N(c3ccc(Oc4ccccc4)cc3)C2=O)ccc1C#N. The van der Waals surface area contributed by atoms with E-state index in [1.54, 1.807) is 42.7 Å². The zero-order chi connectivity index (χ0) is 23.4. The van der Waals surface area contributed by atoms with Gasteiger partial charge in [0.2, 0.25) is 0 Å². The first-order valence-corrected chi connectivity index (χ1v) is 11.3. The van der Waals surface area contributed by atoms with Gasteiger partial charge >= 0.3 is 0 Å². The molecule has 7 nitrogen and oxygen atoms in total. The van der Waals surface area contributed by atoms with Gasteiger partial charge in [-0.2, -0.15) is 5.26 Å². The Morgan fingerprint density at radius 2 is 1.76 bits per heavy atom. The van der Waals surface area contributed by atoms with Crippen molar-refractivity contribution >= 4 is 52.7 Å².